The maximum atomic E-state index is 13.4. The molecule has 0 N–H and O–H groups in total. The quantitative estimate of drug-likeness (QED) is 0.441. The number of hydrogen-bond donors (Lipinski definition) is 0. The largest absolute Gasteiger partial charge is 0.490 e. The van der Waals surface area contributed by atoms with E-state index in [-0.39, 0.29) is 23.7 Å². The first-order valence-electron chi connectivity index (χ1n) is 10.3. The van der Waals surface area contributed by atoms with Gasteiger partial charge in [0, 0.05) is 59.0 Å². The van der Waals surface area contributed by atoms with E-state index in [4.69, 9.17) is 9.47 Å². The highest BCUT2D eigenvalue weighted by Gasteiger charge is 2.20. The van der Waals surface area contributed by atoms with Crippen LogP contribution in [0.3, 0.4) is 0 Å². The summed E-state index contributed by atoms with van der Waals surface area (Å²) in [5, 5.41) is 0. The van der Waals surface area contributed by atoms with Gasteiger partial charge in [0.15, 0.2) is 11.5 Å². The molecule has 1 fully saturated rings. The summed E-state index contributed by atoms with van der Waals surface area (Å²) in [4.78, 5) is 28.5. The second kappa shape index (κ2) is 10.3. The molecule has 0 aliphatic carbocycles. The summed E-state index contributed by atoms with van der Waals surface area (Å²) in [7, 11) is 3.16. The Labute approximate surface area is 180 Å². The van der Waals surface area contributed by atoms with Gasteiger partial charge in [-0.15, -0.1) is 0 Å². The second-order valence-electron chi connectivity index (χ2n) is 7.46. The van der Waals surface area contributed by atoms with Crippen LogP contribution >= 0.6 is 0 Å². The minimum absolute atomic E-state index is 0.281. The topological polar surface area (TPSA) is 68.9 Å². The van der Waals surface area contributed by atoms with Crippen molar-refractivity contribution in [1.82, 2.24) is 14.0 Å². The number of hydrogen-bond acceptors (Lipinski definition) is 6. The molecule has 0 unspecified atom stereocenters. The molecule has 31 heavy (non-hydrogen) atoms. The number of benzene rings is 1. The first-order chi connectivity index (χ1) is 14.9. The van der Waals surface area contributed by atoms with Crippen LogP contribution in [0.2, 0.25) is 0 Å². The Morgan fingerprint density at radius 1 is 1.03 bits per heavy atom. The number of ether oxygens (including phenoxy) is 2. The fraction of sp³-hybridized carbons (Fsp3) is 0.455. The summed E-state index contributed by atoms with van der Waals surface area (Å²) in [6.07, 6.45) is 2.40. The molecule has 2 heterocycles. The number of aromatic nitrogens is 2. The molecule has 168 valence electrons. The smallest absolute Gasteiger partial charge is 0.332 e. The Balaban J connectivity index is 1.47. The van der Waals surface area contributed by atoms with Crippen molar-refractivity contribution in [2.75, 3.05) is 50.8 Å². The monoisotopic (exact) mass is 432 g/mol. The Kier molecular flexibility index (Phi) is 7.51. The zero-order chi connectivity index (χ0) is 22.4. The van der Waals surface area contributed by atoms with E-state index in [9.17, 15) is 14.0 Å². The van der Waals surface area contributed by atoms with E-state index in [0.717, 1.165) is 43.7 Å². The SMILES string of the molecule is C=CCOc1cc(F)ccc1OCCCN1CCN(c2cc(=O)n(C)c(=O)n2C)CC1. The lowest BCUT2D eigenvalue weighted by molar-refractivity contribution is 0.219. The van der Waals surface area contributed by atoms with Crippen molar-refractivity contribution < 1.29 is 13.9 Å². The third-order valence-electron chi connectivity index (χ3n) is 5.34. The van der Waals surface area contributed by atoms with Crippen molar-refractivity contribution >= 4 is 5.82 Å². The van der Waals surface area contributed by atoms with E-state index in [1.54, 1.807) is 19.2 Å². The van der Waals surface area contributed by atoms with Gasteiger partial charge in [0.05, 0.1) is 6.61 Å². The van der Waals surface area contributed by atoms with E-state index >= 15 is 0 Å². The van der Waals surface area contributed by atoms with Gasteiger partial charge in [-0.25, -0.2) is 9.18 Å². The van der Waals surface area contributed by atoms with Crippen LogP contribution in [-0.4, -0.2) is 60.0 Å². The predicted molar refractivity (Wildman–Crippen MR) is 118 cm³/mol. The van der Waals surface area contributed by atoms with Crippen molar-refractivity contribution in [3.8, 4) is 11.5 Å². The van der Waals surface area contributed by atoms with Gasteiger partial charge in [-0.05, 0) is 18.6 Å². The highest BCUT2D eigenvalue weighted by molar-refractivity contribution is 5.40. The molecule has 8 nitrogen and oxygen atoms in total. The first-order valence-corrected chi connectivity index (χ1v) is 10.3. The van der Waals surface area contributed by atoms with Crippen LogP contribution in [0.1, 0.15) is 6.42 Å². The fourth-order valence-corrected chi connectivity index (χ4v) is 3.56. The molecule has 0 radical (unpaired) electrons. The number of rotatable bonds is 9. The lowest BCUT2D eigenvalue weighted by Gasteiger charge is -2.36. The summed E-state index contributed by atoms with van der Waals surface area (Å²) in [6, 6.07) is 5.74. The summed E-state index contributed by atoms with van der Waals surface area (Å²) in [5.74, 6) is 1.16. The molecule has 3 rings (SSSR count). The Hall–Kier alpha value is -3.07. The predicted octanol–water partition coefficient (Wildman–Crippen LogP) is 1.38. The van der Waals surface area contributed by atoms with Gasteiger partial charge in [-0.1, -0.05) is 12.7 Å². The van der Waals surface area contributed by atoms with E-state index in [1.165, 1.54) is 29.8 Å². The lowest BCUT2D eigenvalue weighted by Crippen LogP contribution is -2.49. The molecular formula is C22H29FN4O4. The lowest BCUT2D eigenvalue weighted by atomic mass is 10.3. The van der Waals surface area contributed by atoms with Gasteiger partial charge < -0.3 is 14.4 Å². The fourth-order valence-electron chi connectivity index (χ4n) is 3.56. The normalized spacial score (nSPS) is 14.5. The zero-order valence-corrected chi connectivity index (χ0v) is 18.1. The standard InChI is InChI=1S/C22H29FN4O4/c1-4-13-30-19-15-17(23)6-7-18(19)31-14-5-8-26-9-11-27(12-10-26)20-16-21(28)25(3)22(29)24(20)2/h4,6-7,15-16H,1,5,8-14H2,2-3H3. The van der Waals surface area contributed by atoms with Crippen LogP contribution in [0.25, 0.3) is 0 Å². The van der Waals surface area contributed by atoms with Crippen molar-refractivity contribution in [2.24, 2.45) is 14.1 Å². The van der Waals surface area contributed by atoms with Gasteiger partial charge in [-0.2, -0.15) is 0 Å². The van der Waals surface area contributed by atoms with E-state index in [1.807, 2.05) is 0 Å². The van der Waals surface area contributed by atoms with Gasteiger partial charge >= 0.3 is 5.69 Å². The third-order valence-corrected chi connectivity index (χ3v) is 5.34. The molecule has 1 aromatic carbocycles. The molecule has 1 aliphatic rings. The number of anilines is 1. The van der Waals surface area contributed by atoms with Crippen molar-refractivity contribution in [3.05, 3.63) is 63.6 Å². The van der Waals surface area contributed by atoms with Crippen LogP contribution < -0.4 is 25.6 Å². The molecule has 0 bridgehead atoms. The first kappa shape index (κ1) is 22.6. The van der Waals surface area contributed by atoms with Crippen LogP contribution in [0.5, 0.6) is 11.5 Å². The molecule has 0 saturated carbocycles. The number of halogens is 1. The van der Waals surface area contributed by atoms with Gasteiger partial charge in [-0.3, -0.25) is 18.8 Å². The van der Waals surface area contributed by atoms with E-state index in [0.29, 0.717) is 23.9 Å². The molecular weight excluding hydrogens is 403 g/mol. The van der Waals surface area contributed by atoms with E-state index in [2.05, 4.69) is 16.4 Å². The highest BCUT2D eigenvalue weighted by Crippen LogP contribution is 2.28. The highest BCUT2D eigenvalue weighted by atomic mass is 19.1. The van der Waals surface area contributed by atoms with E-state index < -0.39 is 0 Å². The average molecular weight is 432 g/mol. The average Bonchev–Trinajstić information content (AvgIpc) is 2.77. The van der Waals surface area contributed by atoms with Gasteiger partial charge in [0.1, 0.15) is 18.2 Å². The Morgan fingerprint density at radius 2 is 1.77 bits per heavy atom. The summed E-state index contributed by atoms with van der Waals surface area (Å²) in [5.41, 5.74) is -0.616. The Bertz CT molecular complexity index is 1030. The minimum atomic E-state index is -0.377. The summed E-state index contributed by atoms with van der Waals surface area (Å²) >= 11 is 0. The maximum Gasteiger partial charge on any atom is 0.332 e. The van der Waals surface area contributed by atoms with Crippen molar-refractivity contribution in [2.45, 2.75) is 6.42 Å². The van der Waals surface area contributed by atoms with Gasteiger partial charge in [0.25, 0.3) is 5.56 Å². The zero-order valence-electron chi connectivity index (χ0n) is 18.1. The third kappa shape index (κ3) is 5.55. The van der Waals surface area contributed by atoms with Crippen molar-refractivity contribution in [3.63, 3.8) is 0 Å². The number of piperazine rings is 1. The maximum absolute atomic E-state index is 13.4. The summed E-state index contributed by atoms with van der Waals surface area (Å²) < 4.78 is 27.3. The summed E-state index contributed by atoms with van der Waals surface area (Å²) in [6.45, 7) is 8.34. The molecule has 0 atom stereocenters. The second-order valence-corrected chi connectivity index (χ2v) is 7.46. The molecule has 1 aromatic heterocycles. The van der Waals surface area contributed by atoms with Crippen LogP contribution in [0.4, 0.5) is 10.2 Å². The van der Waals surface area contributed by atoms with Crippen LogP contribution in [0.15, 0.2) is 46.5 Å². The molecule has 1 aliphatic heterocycles. The minimum Gasteiger partial charge on any atom is -0.490 e. The molecule has 0 spiro atoms. The number of nitrogens with zero attached hydrogens (tertiary/aromatic N) is 4. The van der Waals surface area contributed by atoms with Crippen molar-refractivity contribution in [1.29, 1.82) is 0 Å². The van der Waals surface area contributed by atoms with Crippen LogP contribution in [0, 0.1) is 5.82 Å². The molecule has 1 saturated heterocycles. The molecule has 2 aromatic rings. The molecule has 9 heteroatoms. The molecule has 0 amide bonds. The van der Waals surface area contributed by atoms with Gasteiger partial charge in [0.2, 0.25) is 0 Å². The van der Waals surface area contributed by atoms with Crippen LogP contribution in [-0.2, 0) is 14.1 Å². The Morgan fingerprint density at radius 3 is 2.48 bits per heavy atom.